The summed E-state index contributed by atoms with van der Waals surface area (Å²) in [5.74, 6) is 7.18. The normalized spacial score (nSPS) is 46.1. The Hall–Kier alpha value is -1.12. The Bertz CT molecular complexity index is 1570. The minimum atomic E-state index is 0.373. The maximum absolute atomic E-state index is 3.28. The van der Waals surface area contributed by atoms with Gasteiger partial charge < -0.3 is 0 Å². The van der Waals surface area contributed by atoms with Crippen molar-refractivity contribution in [3.8, 4) is 0 Å². The van der Waals surface area contributed by atoms with Gasteiger partial charge in [-0.3, -0.25) is 9.80 Å². The van der Waals surface area contributed by atoms with Gasteiger partial charge in [0.05, 0.1) is 0 Å². The number of hydrogen-bond donors (Lipinski definition) is 0. The van der Waals surface area contributed by atoms with E-state index in [2.05, 4.69) is 87.8 Å². The third kappa shape index (κ3) is 9.80. The molecule has 0 saturated heterocycles. The number of hydrogen-bond acceptors (Lipinski definition) is 2. The van der Waals surface area contributed by atoms with Crippen LogP contribution in [0.25, 0.3) is 0 Å². The van der Waals surface area contributed by atoms with Gasteiger partial charge in [-0.05, 0) is 236 Å². The maximum atomic E-state index is 3.28. The van der Waals surface area contributed by atoms with Crippen LogP contribution in [-0.4, -0.2) is 46.1 Å². The SMILES string of the molecule is CC1CCCC(N(C2C=C[C@](C)(C3CCC(C)(C4CCC(N(C5CCC(C6CC=CCC6)CC5)C5CCCCC5C)CC4)C(C)C3)CC2)C2CC=C(C3=CCCCC3)CC2)C1C. The van der Waals surface area contributed by atoms with Crippen molar-refractivity contribution < 1.29 is 0 Å². The summed E-state index contributed by atoms with van der Waals surface area (Å²) in [4.78, 5) is 6.43. The number of allylic oxidation sites excluding steroid dienone is 6. The standard InChI is InChI=1S/C60H98N2/c1-43-17-15-23-58(46(43)4)62(54-32-26-50(27-33-54)48-20-11-8-12-21-48)56-37-39-59(5,40-38-56)52-36-41-60(6,45(3)42-52)51-28-34-55(35-29-51)61(57-22-14-13-16-44(57)2)53-30-24-49(25-31-53)47-18-9-7-10-19-47/h7,9,20,26,37,39,43-47,49,51-58H,8,10-19,21-25,27-36,38,40-42H2,1-6H3/t43?,44?,45?,46?,47?,49?,51?,52?,53?,54?,55?,56?,57?,58?,59-,60?/m0/s1. The first-order chi connectivity index (χ1) is 30.1. The zero-order valence-electron chi connectivity index (χ0n) is 41.7. The van der Waals surface area contributed by atoms with E-state index >= 15 is 0 Å². The van der Waals surface area contributed by atoms with Gasteiger partial charge in [0, 0.05) is 36.3 Å². The van der Waals surface area contributed by atoms with Gasteiger partial charge >= 0.3 is 0 Å². The third-order valence-electron chi connectivity index (χ3n) is 22.0. The van der Waals surface area contributed by atoms with Gasteiger partial charge in [-0.15, -0.1) is 0 Å². The molecule has 5 saturated carbocycles. The van der Waals surface area contributed by atoms with Crippen molar-refractivity contribution in [1.29, 1.82) is 0 Å². The lowest BCUT2D eigenvalue weighted by Gasteiger charge is -2.56. The van der Waals surface area contributed by atoms with E-state index in [-0.39, 0.29) is 0 Å². The molecule has 0 radical (unpaired) electrons. The molecule has 12 atom stereocenters. The second-order valence-electron chi connectivity index (χ2n) is 25.2. The van der Waals surface area contributed by atoms with Crippen LogP contribution in [0.4, 0.5) is 0 Å². The molecule has 9 rings (SSSR count). The molecule has 0 aromatic heterocycles. The van der Waals surface area contributed by atoms with Gasteiger partial charge in [0.25, 0.3) is 0 Å². The van der Waals surface area contributed by atoms with Crippen LogP contribution in [0.3, 0.4) is 0 Å². The van der Waals surface area contributed by atoms with E-state index < -0.39 is 0 Å². The average Bonchev–Trinajstić information content (AvgIpc) is 3.31. The Morgan fingerprint density at radius 2 is 1.26 bits per heavy atom. The van der Waals surface area contributed by atoms with Gasteiger partial charge in [-0.1, -0.05) is 104 Å². The maximum Gasteiger partial charge on any atom is 0.0284 e. The predicted molar refractivity (Wildman–Crippen MR) is 266 cm³/mol. The largest absolute Gasteiger partial charge is 0.294 e. The second-order valence-corrected chi connectivity index (χ2v) is 25.2. The average molecular weight is 847 g/mol. The van der Waals surface area contributed by atoms with Crippen LogP contribution >= 0.6 is 0 Å². The smallest absolute Gasteiger partial charge is 0.0284 e. The van der Waals surface area contributed by atoms with E-state index in [1.54, 1.807) is 11.1 Å². The molecular weight excluding hydrogens is 749 g/mol. The third-order valence-corrected chi connectivity index (χ3v) is 22.0. The fourth-order valence-corrected chi connectivity index (χ4v) is 17.3. The molecule has 11 unspecified atom stereocenters. The first kappa shape index (κ1) is 46.0. The van der Waals surface area contributed by atoms with Gasteiger partial charge in [0.15, 0.2) is 0 Å². The van der Waals surface area contributed by atoms with Crippen LogP contribution in [0.5, 0.6) is 0 Å². The van der Waals surface area contributed by atoms with Crippen molar-refractivity contribution in [3.05, 3.63) is 47.6 Å². The molecule has 5 fully saturated rings. The fraction of sp³-hybridized carbons (Fsp3) is 0.867. The van der Waals surface area contributed by atoms with E-state index in [0.717, 1.165) is 77.6 Å². The summed E-state index contributed by atoms with van der Waals surface area (Å²) in [6.45, 7) is 16.0. The van der Waals surface area contributed by atoms with E-state index in [9.17, 15) is 0 Å². The molecule has 0 aromatic carbocycles. The Kier molecular flexibility index (Phi) is 15.1. The summed E-state index contributed by atoms with van der Waals surface area (Å²) < 4.78 is 0. The zero-order chi connectivity index (χ0) is 42.8. The van der Waals surface area contributed by atoms with Crippen molar-refractivity contribution in [3.63, 3.8) is 0 Å². The van der Waals surface area contributed by atoms with Crippen LogP contribution in [0.2, 0.25) is 0 Å². The molecule has 0 aromatic rings. The lowest BCUT2D eigenvalue weighted by atomic mass is 9.52. The molecule has 9 aliphatic carbocycles. The summed E-state index contributed by atoms with van der Waals surface area (Å²) in [6.07, 6.45) is 58.8. The summed E-state index contributed by atoms with van der Waals surface area (Å²) in [5, 5.41) is 0. The molecule has 0 N–H and O–H groups in total. The van der Waals surface area contributed by atoms with Crippen LogP contribution in [-0.2, 0) is 0 Å². The molecule has 0 amide bonds. The van der Waals surface area contributed by atoms with Crippen molar-refractivity contribution in [1.82, 2.24) is 9.80 Å². The monoisotopic (exact) mass is 847 g/mol. The molecule has 348 valence electrons. The molecule has 9 aliphatic rings. The van der Waals surface area contributed by atoms with Crippen molar-refractivity contribution in [2.45, 2.75) is 270 Å². The highest BCUT2D eigenvalue weighted by molar-refractivity contribution is 5.33. The van der Waals surface area contributed by atoms with E-state index in [1.165, 1.54) is 193 Å². The van der Waals surface area contributed by atoms with Crippen LogP contribution in [0.15, 0.2) is 47.6 Å². The molecule has 0 spiro atoms. The van der Waals surface area contributed by atoms with E-state index in [4.69, 9.17) is 0 Å². The highest BCUT2D eigenvalue weighted by Crippen LogP contribution is 2.58. The Morgan fingerprint density at radius 3 is 1.92 bits per heavy atom. The van der Waals surface area contributed by atoms with Crippen LogP contribution in [0, 0.1) is 58.2 Å². The van der Waals surface area contributed by atoms with Crippen molar-refractivity contribution in [2.24, 2.45) is 58.2 Å². The highest BCUT2D eigenvalue weighted by atomic mass is 15.2. The summed E-state index contributed by atoms with van der Waals surface area (Å²) in [6, 6.07) is 4.69. The summed E-state index contributed by atoms with van der Waals surface area (Å²) in [7, 11) is 0. The van der Waals surface area contributed by atoms with Crippen LogP contribution in [0.1, 0.15) is 234 Å². The highest BCUT2D eigenvalue weighted by Gasteiger charge is 2.50. The molecule has 2 heteroatoms. The van der Waals surface area contributed by atoms with Crippen molar-refractivity contribution >= 4 is 0 Å². The minimum Gasteiger partial charge on any atom is -0.294 e. The first-order valence-electron chi connectivity index (χ1n) is 28.4. The second kappa shape index (κ2) is 20.4. The molecule has 62 heavy (non-hydrogen) atoms. The first-order valence-corrected chi connectivity index (χ1v) is 28.4. The molecule has 0 bridgehead atoms. The molecule has 2 nitrogen and oxygen atoms in total. The summed E-state index contributed by atoms with van der Waals surface area (Å²) >= 11 is 0. The molecule has 0 aliphatic heterocycles. The van der Waals surface area contributed by atoms with Gasteiger partial charge in [0.2, 0.25) is 0 Å². The van der Waals surface area contributed by atoms with Gasteiger partial charge in [-0.2, -0.15) is 0 Å². The zero-order valence-corrected chi connectivity index (χ0v) is 41.7. The lowest BCUT2D eigenvalue weighted by molar-refractivity contribution is -0.0487. The van der Waals surface area contributed by atoms with Crippen molar-refractivity contribution in [2.75, 3.05) is 0 Å². The van der Waals surface area contributed by atoms with Gasteiger partial charge in [-0.25, -0.2) is 0 Å². The fourth-order valence-electron chi connectivity index (χ4n) is 17.3. The lowest BCUT2D eigenvalue weighted by Crippen LogP contribution is -2.55. The Balaban J connectivity index is 0.825. The number of nitrogens with zero attached hydrogens (tertiary/aromatic N) is 2. The minimum absolute atomic E-state index is 0.373. The Morgan fingerprint density at radius 1 is 0.516 bits per heavy atom. The predicted octanol–water partition coefficient (Wildman–Crippen LogP) is 16.6. The quantitative estimate of drug-likeness (QED) is 0.202. The Labute approximate surface area is 384 Å². The van der Waals surface area contributed by atoms with Gasteiger partial charge in [0.1, 0.15) is 0 Å². The van der Waals surface area contributed by atoms with E-state index in [0.29, 0.717) is 16.9 Å². The van der Waals surface area contributed by atoms with E-state index in [1.807, 2.05) is 0 Å². The van der Waals surface area contributed by atoms with Crippen LogP contribution < -0.4 is 0 Å². The molecular formula is C60H98N2. The summed E-state index contributed by atoms with van der Waals surface area (Å²) in [5.41, 5.74) is 4.34. The number of rotatable bonds is 10. The molecule has 0 heterocycles. The topological polar surface area (TPSA) is 6.48 Å².